The van der Waals surface area contributed by atoms with E-state index in [0.717, 1.165) is 0 Å². The molecule has 3 rings (SSSR count). The third-order valence-electron chi connectivity index (χ3n) is 4.63. The second-order valence-electron chi connectivity index (χ2n) is 6.82. The van der Waals surface area contributed by atoms with Crippen molar-refractivity contribution in [2.75, 3.05) is 27.2 Å². The van der Waals surface area contributed by atoms with E-state index < -0.39 is 0 Å². The van der Waals surface area contributed by atoms with E-state index in [4.69, 9.17) is 9.84 Å². The zero-order chi connectivity index (χ0) is 20.3. The molecule has 0 saturated carbocycles. The summed E-state index contributed by atoms with van der Waals surface area (Å²) in [6, 6.07) is 9.91. The zero-order valence-electron chi connectivity index (χ0n) is 15.8. The molecule has 146 valence electrons. The zero-order valence-corrected chi connectivity index (χ0v) is 15.8. The fraction of sp³-hybridized carbons (Fsp3) is 0.227. The highest BCUT2D eigenvalue weighted by Gasteiger charge is 2.24. The Morgan fingerprint density at radius 1 is 1.00 bits per heavy atom. The normalized spacial score (nSPS) is 18.0. The van der Waals surface area contributed by atoms with Crippen LogP contribution in [0.15, 0.2) is 47.5 Å². The number of aliphatic hydroxyl groups excluding tert-OH is 1. The lowest BCUT2D eigenvalue weighted by Gasteiger charge is -2.26. The number of benzene rings is 2. The molecule has 1 aliphatic heterocycles. The predicted molar refractivity (Wildman–Crippen MR) is 107 cm³/mol. The van der Waals surface area contributed by atoms with E-state index in [1.54, 1.807) is 42.5 Å². The molecule has 0 atom stereocenters. The summed E-state index contributed by atoms with van der Waals surface area (Å²) in [4.78, 5) is 15.0. The van der Waals surface area contributed by atoms with Gasteiger partial charge in [-0.05, 0) is 48.5 Å². The summed E-state index contributed by atoms with van der Waals surface area (Å²) in [5.74, 6) is 0.321. The van der Waals surface area contributed by atoms with Crippen LogP contribution in [-0.4, -0.2) is 53.2 Å². The Bertz CT molecular complexity index is 886. The molecular formula is C22H23NO5. The Kier molecular flexibility index (Phi) is 5.82. The van der Waals surface area contributed by atoms with Crippen LogP contribution < -0.4 is 4.74 Å². The number of likely N-dealkylation sites (N-methyl/N-ethyl adjacent to an activating group) is 1. The number of phenols is 2. The summed E-state index contributed by atoms with van der Waals surface area (Å²) in [5.41, 5.74) is 3.06. The average Bonchev–Trinajstić information content (AvgIpc) is 2.66. The molecule has 0 aliphatic carbocycles. The van der Waals surface area contributed by atoms with Crippen molar-refractivity contribution in [2.45, 2.75) is 6.61 Å². The van der Waals surface area contributed by atoms with Crippen molar-refractivity contribution in [2.24, 2.45) is 0 Å². The quantitative estimate of drug-likeness (QED) is 0.706. The van der Waals surface area contributed by atoms with Crippen LogP contribution in [0.4, 0.5) is 0 Å². The van der Waals surface area contributed by atoms with Gasteiger partial charge in [-0.15, -0.1) is 0 Å². The number of rotatable bonds is 4. The highest BCUT2D eigenvalue weighted by Crippen LogP contribution is 2.29. The van der Waals surface area contributed by atoms with E-state index >= 15 is 0 Å². The molecule has 0 radical (unpaired) electrons. The van der Waals surface area contributed by atoms with Gasteiger partial charge in [0.2, 0.25) is 0 Å². The van der Waals surface area contributed by atoms with E-state index in [9.17, 15) is 15.0 Å². The van der Waals surface area contributed by atoms with Crippen molar-refractivity contribution in [1.82, 2.24) is 4.90 Å². The van der Waals surface area contributed by atoms with E-state index in [1.807, 2.05) is 11.9 Å². The van der Waals surface area contributed by atoms with E-state index in [-0.39, 0.29) is 23.9 Å². The second-order valence-corrected chi connectivity index (χ2v) is 6.82. The highest BCUT2D eigenvalue weighted by molar-refractivity contribution is 6.14. The molecule has 0 bridgehead atoms. The Hall–Kier alpha value is -3.09. The number of aliphatic hydroxyl groups is 1. The number of carbonyl (C=O) groups excluding carboxylic acids is 1. The number of methoxy groups -OCH3 is 1. The van der Waals surface area contributed by atoms with E-state index in [2.05, 4.69) is 0 Å². The van der Waals surface area contributed by atoms with Gasteiger partial charge >= 0.3 is 0 Å². The van der Waals surface area contributed by atoms with E-state index in [1.165, 1.54) is 13.2 Å². The lowest BCUT2D eigenvalue weighted by atomic mass is 9.94. The monoisotopic (exact) mass is 381 g/mol. The Labute approximate surface area is 163 Å². The van der Waals surface area contributed by atoms with Crippen LogP contribution in [0.5, 0.6) is 17.2 Å². The number of carbonyl (C=O) groups is 1. The number of hydrogen-bond donors (Lipinski definition) is 3. The summed E-state index contributed by atoms with van der Waals surface area (Å²) in [6.45, 7) is 0.746. The SMILES string of the molecule is COc1ccc(/C=C2\CN(C)C/C(=C\c3ccc(CO)c(O)c3)C2=O)cc1O. The Balaban J connectivity index is 1.92. The minimum Gasteiger partial charge on any atom is -0.508 e. The van der Waals surface area contributed by atoms with Gasteiger partial charge in [-0.1, -0.05) is 18.2 Å². The van der Waals surface area contributed by atoms with Crippen LogP contribution in [0, 0.1) is 0 Å². The van der Waals surface area contributed by atoms with Gasteiger partial charge in [-0.3, -0.25) is 9.69 Å². The molecule has 1 saturated heterocycles. The molecule has 0 amide bonds. The van der Waals surface area contributed by atoms with Gasteiger partial charge in [-0.2, -0.15) is 0 Å². The Morgan fingerprint density at radius 3 is 2.07 bits per heavy atom. The van der Waals surface area contributed by atoms with Crippen molar-refractivity contribution in [1.29, 1.82) is 0 Å². The maximum atomic E-state index is 12.9. The molecule has 0 spiro atoms. The first-order chi connectivity index (χ1) is 13.4. The van der Waals surface area contributed by atoms with Crippen LogP contribution in [0.25, 0.3) is 12.2 Å². The van der Waals surface area contributed by atoms with Crippen LogP contribution in [0.1, 0.15) is 16.7 Å². The first-order valence-corrected chi connectivity index (χ1v) is 8.85. The molecule has 1 aliphatic rings. The van der Waals surface area contributed by atoms with Crippen molar-refractivity contribution in [3.63, 3.8) is 0 Å². The Morgan fingerprint density at radius 2 is 1.57 bits per heavy atom. The third kappa shape index (κ3) is 4.24. The first kappa shape index (κ1) is 19.7. The minimum absolute atomic E-state index is 0.00191. The van der Waals surface area contributed by atoms with Crippen LogP contribution >= 0.6 is 0 Å². The van der Waals surface area contributed by atoms with Crippen molar-refractivity contribution >= 4 is 17.9 Å². The summed E-state index contributed by atoms with van der Waals surface area (Å²) >= 11 is 0. The number of nitrogens with zero attached hydrogens (tertiary/aromatic N) is 1. The van der Waals surface area contributed by atoms with Crippen LogP contribution in [-0.2, 0) is 11.4 Å². The molecule has 6 nitrogen and oxygen atoms in total. The molecule has 0 aromatic heterocycles. The summed E-state index contributed by atoms with van der Waals surface area (Å²) in [7, 11) is 3.40. The number of phenolic OH excluding ortho intramolecular Hbond substituents is 1. The molecule has 28 heavy (non-hydrogen) atoms. The maximum absolute atomic E-state index is 12.9. The van der Waals surface area contributed by atoms with Crippen molar-refractivity contribution in [3.8, 4) is 17.2 Å². The topological polar surface area (TPSA) is 90.2 Å². The third-order valence-corrected chi connectivity index (χ3v) is 4.63. The van der Waals surface area contributed by atoms with Crippen LogP contribution in [0.3, 0.4) is 0 Å². The molecular weight excluding hydrogens is 358 g/mol. The highest BCUT2D eigenvalue weighted by atomic mass is 16.5. The molecule has 3 N–H and O–H groups in total. The van der Waals surface area contributed by atoms with Gasteiger partial charge in [0.25, 0.3) is 0 Å². The first-order valence-electron chi connectivity index (χ1n) is 8.85. The molecule has 1 fully saturated rings. The molecule has 2 aromatic rings. The second kappa shape index (κ2) is 8.29. The van der Waals surface area contributed by atoms with Gasteiger partial charge in [-0.25, -0.2) is 0 Å². The number of ether oxygens (including phenoxy) is 1. The molecule has 1 heterocycles. The van der Waals surface area contributed by atoms with Gasteiger partial charge in [0, 0.05) is 29.8 Å². The number of hydrogen-bond acceptors (Lipinski definition) is 6. The fourth-order valence-electron chi connectivity index (χ4n) is 3.21. The maximum Gasteiger partial charge on any atom is 0.187 e. The smallest absolute Gasteiger partial charge is 0.187 e. The number of Topliss-reactive ketones (excluding diaryl/α,β-unsaturated/α-hetero) is 1. The minimum atomic E-state index is -0.244. The average molecular weight is 381 g/mol. The van der Waals surface area contributed by atoms with Crippen molar-refractivity contribution < 1.29 is 24.9 Å². The predicted octanol–water partition coefficient (Wildman–Crippen LogP) is 2.58. The number of piperidine rings is 1. The summed E-state index contributed by atoms with van der Waals surface area (Å²) < 4.78 is 5.05. The summed E-state index contributed by atoms with van der Waals surface area (Å²) in [6.07, 6.45) is 3.51. The standard InChI is InChI=1S/C22H23NO5/c1-23-11-17(7-14-3-5-16(13-24)19(25)9-14)22(27)18(12-23)8-15-4-6-21(28-2)20(26)10-15/h3-10,24-26H,11-13H2,1-2H3/b17-7+,18-8+. The number of likely N-dealkylation sites (tertiary alicyclic amines) is 1. The van der Waals surface area contributed by atoms with Gasteiger partial charge in [0.15, 0.2) is 17.3 Å². The number of ketones is 1. The van der Waals surface area contributed by atoms with Gasteiger partial charge < -0.3 is 20.1 Å². The van der Waals surface area contributed by atoms with Crippen molar-refractivity contribution in [3.05, 3.63) is 64.2 Å². The van der Waals surface area contributed by atoms with Gasteiger partial charge in [0.05, 0.1) is 13.7 Å². The lowest BCUT2D eigenvalue weighted by molar-refractivity contribution is -0.113. The molecule has 0 unspecified atom stereocenters. The summed E-state index contributed by atoms with van der Waals surface area (Å²) in [5, 5.41) is 29.0. The lowest BCUT2D eigenvalue weighted by Crippen LogP contribution is -2.34. The molecule has 2 aromatic carbocycles. The van der Waals surface area contributed by atoms with Gasteiger partial charge in [0.1, 0.15) is 5.75 Å². The fourth-order valence-corrected chi connectivity index (χ4v) is 3.21. The van der Waals surface area contributed by atoms with E-state index in [0.29, 0.717) is 46.7 Å². The molecule has 6 heteroatoms. The largest absolute Gasteiger partial charge is 0.508 e. The number of aromatic hydroxyl groups is 2. The van der Waals surface area contributed by atoms with Crippen LogP contribution in [0.2, 0.25) is 0 Å².